The molecule has 8 heteroatoms. The van der Waals surface area contributed by atoms with Gasteiger partial charge in [0.1, 0.15) is 18.0 Å². The van der Waals surface area contributed by atoms with Crippen LogP contribution in [0.25, 0.3) is 27.5 Å². The molecule has 3 nitrogen and oxygen atoms in total. The fourth-order valence-electron chi connectivity index (χ4n) is 4.09. The molecule has 1 unspecified atom stereocenters. The summed E-state index contributed by atoms with van der Waals surface area (Å²) in [6.07, 6.45) is -3.71. The van der Waals surface area contributed by atoms with E-state index in [-0.39, 0.29) is 16.3 Å². The van der Waals surface area contributed by atoms with Crippen LogP contribution in [0.4, 0.5) is 22.0 Å². The molecule has 4 aromatic carbocycles. The van der Waals surface area contributed by atoms with E-state index in [1.54, 1.807) is 4.57 Å². The van der Waals surface area contributed by atoms with Gasteiger partial charge in [-0.15, -0.1) is 0 Å². The van der Waals surface area contributed by atoms with Gasteiger partial charge < -0.3 is 5.11 Å². The molecular weight excluding hydrogens is 439 g/mol. The van der Waals surface area contributed by atoms with Crippen LogP contribution >= 0.6 is 0 Å². The van der Waals surface area contributed by atoms with Gasteiger partial charge in [0.25, 0.3) is 0 Å². The minimum absolute atomic E-state index is 0.0284. The van der Waals surface area contributed by atoms with Crippen molar-refractivity contribution in [3.63, 3.8) is 0 Å². The number of nitrogens with zero attached hydrogens (tertiary/aromatic N) is 2. The van der Waals surface area contributed by atoms with Crippen LogP contribution in [0.3, 0.4) is 0 Å². The van der Waals surface area contributed by atoms with Crippen LogP contribution in [-0.2, 0) is 5.60 Å². The van der Waals surface area contributed by atoms with Crippen molar-refractivity contribution in [2.75, 3.05) is 0 Å². The Bertz CT molecular complexity index is 1490. The van der Waals surface area contributed by atoms with Gasteiger partial charge in [-0.2, -0.15) is 13.2 Å². The van der Waals surface area contributed by atoms with Crippen molar-refractivity contribution in [1.29, 1.82) is 0 Å². The van der Waals surface area contributed by atoms with Gasteiger partial charge in [0.05, 0.1) is 11.0 Å². The maximum Gasteiger partial charge on any atom is 0.425 e. The minimum Gasteiger partial charge on any atom is -0.372 e. The van der Waals surface area contributed by atoms with E-state index >= 15 is 0 Å². The van der Waals surface area contributed by atoms with Gasteiger partial charge in [-0.3, -0.25) is 4.57 Å². The topological polar surface area (TPSA) is 38.1 Å². The first-order valence-electron chi connectivity index (χ1n) is 9.90. The van der Waals surface area contributed by atoms with Crippen LogP contribution < -0.4 is 0 Å². The van der Waals surface area contributed by atoms with Crippen LogP contribution in [0.2, 0.25) is 0 Å². The lowest BCUT2D eigenvalue weighted by molar-refractivity contribution is -0.247. The van der Waals surface area contributed by atoms with Crippen LogP contribution in [0.1, 0.15) is 11.1 Å². The molecule has 1 aromatic heterocycles. The normalized spacial score (nSPS) is 14.0. The Labute approximate surface area is 184 Å². The number of aromatic nitrogens is 2. The van der Waals surface area contributed by atoms with E-state index in [1.807, 2.05) is 0 Å². The summed E-state index contributed by atoms with van der Waals surface area (Å²) >= 11 is 0. The Kier molecular flexibility index (Phi) is 4.72. The van der Waals surface area contributed by atoms with E-state index in [0.717, 1.165) is 24.3 Å². The number of hydrogen-bond donors (Lipinski definition) is 1. The SMILES string of the molecule is OC(c1ccc2c(c1)ncn2-c1ccc(F)cc1)(c1ccc(F)c2ccccc12)C(F)(F)F. The second kappa shape index (κ2) is 7.38. The second-order valence-electron chi connectivity index (χ2n) is 7.64. The third-order valence-corrected chi connectivity index (χ3v) is 5.74. The van der Waals surface area contributed by atoms with Crippen molar-refractivity contribution < 1.29 is 27.1 Å². The first-order valence-corrected chi connectivity index (χ1v) is 9.90. The summed E-state index contributed by atoms with van der Waals surface area (Å²) in [5.41, 5.74) is -3.10. The van der Waals surface area contributed by atoms with E-state index in [2.05, 4.69) is 4.98 Å². The van der Waals surface area contributed by atoms with Crippen molar-refractivity contribution in [2.45, 2.75) is 11.8 Å². The summed E-state index contributed by atoms with van der Waals surface area (Å²) in [6.45, 7) is 0. The number of aliphatic hydroxyl groups is 1. The smallest absolute Gasteiger partial charge is 0.372 e. The maximum atomic E-state index is 14.4. The Morgan fingerprint density at radius 1 is 0.788 bits per heavy atom. The number of alkyl halides is 3. The summed E-state index contributed by atoms with van der Waals surface area (Å²) in [7, 11) is 0. The van der Waals surface area contributed by atoms with Crippen LogP contribution in [0, 0.1) is 11.6 Å². The van der Waals surface area contributed by atoms with Crippen molar-refractivity contribution in [2.24, 2.45) is 0 Å². The van der Waals surface area contributed by atoms with Gasteiger partial charge in [-0.1, -0.05) is 36.4 Å². The van der Waals surface area contributed by atoms with Gasteiger partial charge in [0, 0.05) is 16.6 Å². The quantitative estimate of drug-likeness (QED) is 0.327. The van der Waals surface area contributed by atoms with Gasteiger partial charge >= 0.3 is 6.18 Å². The van der Waals surface area contributed by atoms with Gasteiger partial charge in [-0.05, 0) is 53.4 Å². The Morgan fingerprint density at radius 2 is 1.48 bits per heavy atom. The third-order valence-electron chi connectivity index (χ3n) is 5.74. The molecule has 0 bridgehead atoms. The summed E-state index contributed by atoms with van der Waals surface area (Å²) < 4.78 is 72.3. The highest BCUT2D eigenvalue weighted by molar-refractivity contribution is 5.88. The van der Waals surface area contributed by atoms with Crippen molar-refractivity contribution in [3.8, 4) is 5.69 Å². The molecule has 5 aromatic rings. The molecule has 5 rings (SSSR count). The summed E-state index contributed by atoms with van der Waals surface area (Å²) in [5.74, 6) is -1.11. The lowest BCUT2D eigenvalue weighted by Gasteiger charge is -2.32. The predicted molar refractivity (Wildman–Crippen MR) is 114 cm³/mol. The summed E-state index contributed by atoms with van der Waals surface area (Å²) in [5, 5.41) is 11.1. The molecule has 166 valence electrons. The first kappa shape index (κ1) is 21.1. The van der Waals surface area contributed by atoms with Gasteiger partial charge in [0.2, 0.25) is 5.60 Å². The standard InChI is InChI=1S/C25H15F5N2O/c26-16-6-8-17(9-7-16)32-14-31-22-13-15(5-12-23(22)32)24(33,25(28,29)30)20-10-11-21(27)19-4-2-1-3-18(19)20/h1-14,33H. The van der Waals surface area contributed by atoms with Gasteiger partial charge in [0.15, 0.2) is 0 Å². The number of imidazole rings is 1. The molecule has 0 saturated carbocycles. The molecule has 33 heavy (non-hydrogen) atoms. The Morgan fingerprint density at radius 3 is 2.18 bits per heavy atom. The zero-order valence-corrected chi connectivity index (χ0v) is 16.8. The van der Waals surface area contributed by atoms with Crippen LogP contribution in [-0.4, -0.2) is 20.8 Å². The van der Waals surface area contributed by atoms with E-state index in [4.69, 9.17) is 0 Å². The van der Waals surface area contributed by atoms with Gasteiger partial charge in [-0.25, -0.2) is 13.8 Å². The molecular formula is C25H15F5N2O. The molecule has 0 spiro atoms. The number of halogens is 5. The second-order valence-corrected chi connectivity index (χ2v) is 7.64. The molecule has 1 heterocycles. The molecule has 1 atom stereocenters. The van der Waals surface area contributed by atoms with Crippen LogP contribution in [0.5, 0.6) is 0 Å². The van der Waals surface area contributed by atoms with Crippen molar-refractivity contribution in [3.05, 3.63) is 108 Å². The highest BCUT2D eigenvalue weighted by atomic mass is 19.4. The number of benzene rings is 4. The highest BCUT2D eigenvalue weighted by Gasteiger charge is 2.57. The van der Waals surface area contributed by atoms with E-state index in [1.165, 1.54) is 60.9 Å². The third kappa shape index (κ3) is 3.25. The summed E-state index contributed by atoms with van der Waals surface area (Å²) in [6, 6.07) is 16.8. The molecule has 0 saturated heterocycles. The van der Waals surface area contributed by atoms with E-state index in [0.29, 0.717) is 11.2 Å². The zero-order valence-electron chi connectivity index (χ0n) is 16.8. The fourth-order valence-corrected chi connectivity index (χ4v) is 4.09. The average molecular weight is 454 g/mol. The average Bonchev–Trinajstić information content (AvgIpc) is 3.22. The molecule has 0 radical (unpaired) electrons. The van der Waals surface area contributed by atoms with Crippen molar-refractivity contribution >= 4 is 21.8 Å². The fraction of sp³-hybridized carbons (Fsp3) is 0.0800. The number of rotatable bonds is 3. The molecule has 0 aliphatic rings. The zero-order chi connectivity index (χ0) is 23.4. The minimum atomic E-state index is -5.11. The molecule has 0 amide bonds. The Balaban J connectivity index is 1.72. The maximum absolute atomic E-state index is 14.4. The van der Waals surface area contributed by atoms with Crippen molar-refractivity contribution in [1.82, 2.24) is 9.55 Å². The Hall–Kier alpha value is -3.78. The van der Waals surface area contributed by atoms with E-state index in [9.17, 15) is 27.1 Å². The predicted octanol–water partition coefficient (Wildman–Crippen LogP) is 6.26. The monoisotopic (exact) mass is 454 g/mol. The molecule has 0 aliphatic heterocycles. The number of fused-ring (bicyclic) bond motifs is 2. The number of hydrogen-bond acceptors (Lipinski definition) is 2. The lowest BCUT2D eigenvalue weighted by atomic mass is 9.82. The highest BCUT2D eigenvalue weighted by Crippen LogP contribution is 2.47. The summed E-state index contributed by atoms with van der Waals surface area (Å²) in [4.78, 5) is 4.17. The largest absolute Gasteiger partial charge is 0.425 e. The molecule has 1 N–H and O–H groups in total. The first-order chi connectivity index (χ1) is 15.7. The molecule has 0 fully saturated rings. The lowest BCUT2D eigenvalue weighted by Crippen LogP contribution is -2.43. The van der Waals surface area contributed by atoms with Crippen LogP contribution in [0.15, 0.2) is 85.2 Å². The van der Waals surface area contributed by atoms with E-state index < -0.39 is 34.5 Å². The molecule has 0 aliphatic carbocycles.